The second kappa shape index (κ2) is 6.17. The standard InChI is InChI=1S/C13H19NO2S/c1-10(14-5-8-17-2)11-3-4-12-13(9-11)16-7-6-15-12/h3-4,9-10,14H,5-8H2,1-2H3. The van der Waals surface area contributed by atoms with Gasteiger partial charge in [0.2, 0.25) is 0 Å². The van der Waals surface area contributed by atoms with Crippen molar-refractivity contribution in [2.24, 2.45) is 0 Å². The number of ether oxygens (including phenoxy) is 2. The van der Waals surface area contributed by atoms with Crippen molar-refractivity contribution in [1.82, 2.24) is 5.32 Å². The van der Waals surface area contributed by atoms with Crippen molar-refractivity contribution < 1.29 is 9.47 Å². The van der Waals surface area contributed by atoms with E-state index >= 15 is 0 Å². The zero-order chi connectivity index (χ0) is 12.1. The fourth-order valence-corrected chi connectivity index (χ4v) is 2.15. The van der Waals surface area contributed by atoms with E-state index in [1.807, 2.05) is 17.8 Å². The lowest BCUT2D eigenvalue weighted by atomic mass is 10.1. The highest BCUT2D eigenvalue weighted by Gasteiger charge is 2.13. The molecule has 1 aliphatic heterocycles. The van der Waals surface area contributed by atoms with Gasteiger partial charge in [0.05, 0.1) is 0 Å². The smallest absolute Gasteiger partial charge is 0.161 e. The van der Waals surface area contributed by atoms with E-state index in [1.54, 1.807) is 0 Å². The third-order valence-corrected chi connectivity index (χ3v) is 3.44. The monoisotopic (exact) mass is 253 g/mol. The topological polar surface area (TPSA) is 30.5 Å². The van der Waals surface area contributed by atoms with Crippen LogP contribution in [0, 0.1) is 0 Å². The van der Waals surface area contributed by atoms with E-state index in [4.69, 9.17) is 9.47 Å². The molecule has 0 radical (unpaired) electrons. The summed E-state index contributed by atoms with van der Waals surface area (Å²) in [7, 11) is 0. The first-order chi connectivity index (χ1) is 8.31. The van der Waals surface area contributed by atoms with E-state index in [2.05, 4.69) is 30.6 Å². The first kappa shape index (κ1) is 12.6. The van der Waals surface area contributed by atoms with Crippen LogP contribution in [0.4, 0.5) is 0 Å². The van der Waals surface area contributed by atoms with Crippen LogP contribution in [0.5, 0.6) is 11.5 Å². The molecule has 0 spiro atoms. The molecule has 1 heterocycles. The second-order valence-corrected chi connectivity index (χ2v) is 5.06. The van der Waals surface area contributed by atoms with Crippen molar-refractivity contribution in [1.29, 1.82) is 0 Å². The molecule has 0 aliphatic carbocycles. The molecule has 17 heavy (non-hydrogen) atoms. The van der Waals surface area contributed by atoms with Gasteiger partial charge in [0, 0.05) is 18.3 Å². The lowest BCUT2D eigenvalue weighted by Crippen LogP contribution is -2.22. The Labute approximate surface area is 107 Å². The Balaban J connectivity index is 2.00. The molecule has 94 valence electrons. The molecule has 0 amide bonds. The Bertz CT molecular complexity index is 370. The van der Waals surface area contributed by atoms with Crippen LogP contribution in [-0.2, 0) is 0 Å². The van der Waals surface area contributed by atoms with Gasteiger partial charge in [-0.3, -0.25) is 0 Å². The molecular weight excluding hydrogens is 234 g/mol. The van der Waals surface area contributed by atoms with Crippen LogP contribution in [0.3, 0.4) is 0 Å². The van der Waals surface area contributed by atoms with E-state index in [0.29, 0.717) is 19.3 Å². The largest absolute Gasteiger partial charge is 0.486 e. The van der Waals surface area contributed by atoms with Gasteiger partial charge in [-0.2, -0.15) is 11.8 Å². The van der Waals surface area contributed by atoms with Gasteiger partial charge in [-0.25, -0.2) is 0 Å². The first-order valence-electron chi connectivity index (χ1n) is 5.93. The van der Waals surface area contributed by atoms with Gasteiger partial charge >= 0.3 is 0 Å². The summed E-state index contributed by atoms with van der Waals surface area (Å²) in [6, 6.07) is 6.52. The van der Waals surface area contributed by atoms with Crippen molar-refractivity contribution in [3.05, 3.63) is 23.8 Å². The maximum atomic E-state index is 5.58. The predicted molar refractivity (Wildman–Crippen MR) is 72.2 cm³/mol. The quantitative estimate of drug-likeness (QED) is 0.817. The molecule has 4 heteroatoms. The number of hydrogen-bond acceptors (Lipinski definition) is 4. The fourth-order valence-electron chi connectivity index (χ4n) is 1.82. The van der Waals surface area contributed by atoms with Crippen molar-refractivity contribution in [3.63, 3.8) is 0 Å². The summed E-state index contributed by atoms with van der Waals surface area (Å²) in [5.41, 5.74) is 1.25. The Morgan fingerprint density at radius 1 is 1.29 bits per heavy atom. The molecule has 0 fully saturated rings. The van der Waals surface area contributed by atoms with Gasteiger partial charge in [0.15, 0.2) is 11.5 Å². The van der Waals surface area contributed by atoms with E-state index < -0.39 is 0 Å². The molecule has 1 atom stereocenters. The van der Waals surface area contributed by atoms with E-state index in [1.165, 1.54) is 5.56 Å². The SMILES string of the molecule is CSCCNC(C)c1ccc2c(c1)OCCO2. The van der Waals surface area contributed by atoms with Crippen LogP contribution in [-0.4, -0.2) is 31.8 Å². The van der Waals surface area contributed by atoms with Gasteiger partial charge in [-0.05, 0) is 30.9 Å². The molecule has 1 aromatic carbocycles. The Morgan fingerprint density at radius 3 is 2.82 bits per heavy atom. The summed E-state index contributed by atoms with van der Waals surface area (Å²) in [6.45, 7) is 4.49. The number of thioether (sulfide) groups is 1. The van der Waals surface area contributed by atoms with Crippen LogP contribution in [0.1, 0.15) is 18.5 Å². The van der Waals surface area contributed by atoms with Gasteiger partial charge in [-0.15, -0.1) is 0 Å². The molecular formula is C13H19NO2S. The molecule has 0 bridgehead atoms. The summed E-state index contributed by atoms with van der Waals surface area (Å²) in [5.74, 6) is 2.86. The molecule has 2 rings (SSSR count). The Kier molecular flexibility index (Phi) is 4.57. The minimum atomic E-state index is 0.345. The number of nitrogens with one attached hydrogen (secondary N) is 1. The van der Waals surface area contributed by atoms with Crippen molar-refractivity contribution in [2.75, 3.05) is 31.8 Å². The molecule has 0 aromatic heterocycles. The van der Waals surface area contributed by atoms with Crippen LogP contribution >= 0.6 is 11.8 Å². The summed E-state index contributed by atoms with van der Waals surface area (Å²) < 4.78 is 11.1. The fraction of sp³-hybridized carbons (Fsp3) is 0.538. The average Bonchev–Trinajstić information content (AvgIpc) is 2.38. The summed E-state index contributed by atoms with van der Waals surface area (Å²) in [6.07, 6.45) is 2.12. The number of fused-ring (bicyclic) bond motifs is 1. The van der Waals surface area contributed by atoms with Gasteiger partial charge in [-0.1, -0.05) is 6.07 Å². The van der Waals surface area contributed by atoms with Crippen LogP contribution in [0.2, 0.25) is 0 Å². The molecule has 1 aliphatic rings. The predicted octanol–water partition coefficient (Wildman–Crippen LogP) is 2.47. The molecule has 0 saturated carbocycles. The summed E-state index contributed by atoms with van der Waals surface area (Å²) in [5, 5.41) is 3.49. The van der Waals surface area contributed by atoms with Gasteiger partial charge in [0.1, 0.15) is 13.2 Å². The molecule has 1 unspecified atom stereocenters. The zero-order valence-corrected chi connectivity index (χ0v) is 11.2. The zero-order valence-electron chi connectivity index (χ0n) is 10.4. The van der Waals surface area contributed by atoms with Crippen molar-refractivity contribution in [3.8, 4) is 11.5 Å². The second-order valence-electron chi connectivity index (χ2n) is 4.07. The first-order valence-corrected chi connectivity index (χ1v) is 7.32. The molecule has 1 N–H and O–H groups in total. The third kappa shape index (κ3) is 3.30. The van der Waals surface area contributed by atoms with Crippen LogP contribution in [0.15, 0.2) is 18.2 Å². The molecule has 1 aromatic rings. The highest BCUT2D eigenvalue weighted by atomic mass is 32.2. The average molecular weight is 253 g/mol. The van der Waals surface area contributed by atoms with E-state index in [-0.39, 0.29) is 0 Å². The number of rotatable bonds is 5. The lowest BCUT2D eigenvalue weighted by Gasteiger charge is -2.21. The van der Waals surface area contributed by atoms with Crippen molar-refractivity contribution in [2.45, 2.75) is 13.0 Å². The maximum absolute atomic E-state index is 5.58. The van der Waals surface area contributed by atoms with E-state index in [9.17, 15) is 0 Å². The van der Waals surface area contributed by atoms with E-state index in [0.717, 1.165) is 23.8 Å². The minimum absolute atomic E-state index is 0.345. The number of hydrogen-bond donors (Lipinski definition) is 1. The van der Waals surface area contributed by atoms with Crippen molar-refractivity contribution >= 4 is 11.8 Å². The maximum Gasteiger partial charge on any atom is 0.161 e. The van der Waals surface area contributed by atoms with Gasteiger partial charge < -0.3 is 14.8 Å². The normalized spacial score (nSPS) is 15.6. The van der Waals surface area contributed by atoms with Gasteiger partial charge in [0.25, 0.3) is 0 Å². The highest BCUT2D eigenvalue weighted by molar-refractivity contribution is 7.98. The molecule has 3 nitrogen and oxygen atoms in total. The Hall–Kier alpha value is -0.870. The lowest BCUT2D eigenvalue weighted by molar-refractivity contribution is 0.171. The minimum Gasteiger partial charge on any atom is -0.486 e. The Morgan fingerprint density at radius 2 is 2.06 bits per heavy atom. The van der Waals surface area contributed by atoms with Crippen LogP contribution in [0.25, 0.3) is 0 Å². The third-order valence-electron chi connectivity index (χ3n) is 2.82. The molecule has 0 saturated heterocycles. The number of benzene rings is 1. The summed E-state index contributed by atoms with van der Waals surface area (Å²) in [4.78, 5) is 0. The summed E-state index contributed by atoms with van der Waals surface area (Å²) >= 11 is 1.85. The van der Waals surface area contributed by atoms with Crippen LogP contribution < -0.4 is 14.8 Å². The highest BCUT2D eigenvalue weighted by Crippen LogP contribution is 2.32.